The first-order valence-corrected chi connectivity index (χ1v) is 11.6. The molecule has 0 radical (unpaired) electrons. The summed E-state index contributed by atoms with van der Waals surface area (Å²) in [6, 6.07) is 21.8. The van der Waals surface area contributed by atoms with E-state index >= 15 is 0 Å². The van der Waals surface area contributed by atoms with Crippen LogP contribution in [0.4, 0.5) is 9.18 Å². The topological polar surface area (TPSA) is 85.7 Å². The molecule has 7 nitrogen and oxygen atoms in total. The number of hydrogen-bond acceptors (Lipinski definition) is 5. The number of carbonyl (C=O) groups excluding carboxylic acids is 2. The van der Waals surface area contributed by atoms with Gasteiger partial charge in [0, 0.05) is 23.5 Å². The zero-order chi connectivity index (χ0) is 25.2. The van der Waals surface area contributed by atoms with Gasteiger partial charge in [-0.3, -0.25) is 4.79 Å². The minimum atomic E-state index is -1.02. The van der Waals surface area contributed by atoms with Crippen molar-refractivity contribution in [2.45, 2.75) is 25.6 Å². The Morgan fingerprint density at radius 1 is 1.06 bits per heavy atom. The van der Waals surface area contributed by atoms with Crippen LogP contribution >= 0.6 is 15.9 Å². The van der Waals surface area contributed by atoms with Crippen LogP contribution in [0.1, 0.15) is 16.7 Å². The van der Waals surface area contributed by atoms with Crippen LogP contribution in [-0.4, -0.2) is 35.1 Å². The van der Waals surface area contributed by atoms with E-state index in [0.717, 1.165) is 21.1 Å². The Morgan fingerprint density at radius 3 is 2.29 bits per heavy atom. The van der Waals surface area contributed by atoms with Gasteiger partial charge in [-0.05, 0) is 23.3 Å². The van der Waals surface area contributed by atoms with Crippen molar-refractivity contribution in [2.24, 2.45) is 0 Å². The summed E-state index contributed by atoms with van der Waals surface area (Å²) in [5.74, 6) is -1.06. The number of hydrazine groups is 1. The van der Waals surface area contributed by atoms with Crippen LogP contribution < -0.4 is 5.32 Å². The van der Waals surface area contributed by atoms with Gasteiger partial charge in [0.25, 0.3) is 5.91 Å². The number of benzene rings is 3. The molecular formula is C26H24BrFN4O3. The van der Waals surface area contributed by atoms with Gasteiger partial charge in [0.2, 0.25) is 0 Å². The third-order valence-electron chi connectivity index (χ3n) is 5.22. The second kappa shape index (κ2) is 12.5. The molecule has 1 atom stereocenters. The molecule has 0 bridgehead atoms. The predicted molar refractivity (Wildman–Crippen MR) is 132 cm³/mol. The number of rotatable bonds is 9. The van der Waals surface area contributed by atoms with Gasteiger partial charge >= 0.3 is 6.09 Å². The first-order chi connectivity index (χ1) is 16.9. The van der Waals surface area contributed by atoms with Gasteiger partial charge in [0.05, 0.1) is 6.54 Å². The number of halogens is 2. The minimum Gasteiger partial charge on any atom is -0.445 e. The van der Waals surface area contributed by atoms with E-state index in [0.29, 0.717) is 4.47 Å². The monoisotopic (exact) mass is 538 g/mol. The third-order valence-corrected chi connectivity index (χ3v) is 5.71. The molecule has 0 aliphatic heterocycles. The average Bonchev–Trinajstić information content (AvgIpc) is 2.87. The highest BCUT2D eigenvalue weighted by molar-refractivity contribution is 9.10. The summed E-state index contributed by atoms with van der Waals surface area (Å²) in [4.78, 5) is 25.9. The van der Waals surface area contributed by atoms with Crippen molar-refractivity contribution in [3.05, 3.63) is 106 Å². The van der Waals surface area contributed by atoms with Crippen LogP contribution in [0.15, 0.2) is 83.3 Å². The molecule has 3 aromatic rings. The molecule has 0 heterocycles. The summed E-state index contributed by atoms with van der Waals surface area (Å²) in [5, 5.41) is 14.4. The quantitative estimate of drug-likeness (QED) is 0.240. The molecule has 0 aliphatic carbocycles. The lowest BCUT2D eigenvalue weighted by Gasteiger charge is -2.30. The second-order valence-electron chi connectivity index (χ2n) is 7.70. The molecule has 1 N–H and O–H groups in total. The number of nitrogens with zero attached hydrogens (tertiary/aromatic N) is 3. The summed E-state index contributed by atoms with van der Waals surface area (Å²) in [6.45, 7) is -0.115. The molecule has 0 spiro atoms. The predicted octanol–water partition coefficient (Wildman–Crippen LogP) is 4.78. The average molecular weight is 539 g/mol. The van der Waals surface area contributed by atoms with E-state index in [1.54, 1.807) is 6.07 Å². The first-order valence-electron chi connectivity index (χ1n) is 10.8. The van der Waals surface area contributed by atoms with E-state index in [2.05, 4.69) is 21.2 Å². The number of ether oxygens (including phenoxy) is 1. The van der Waals surface area contributed by atoms with Crippen molar-refractivity contribution in [1.29, 1.82) is 5.26 Å². The van der Waals surface area contributed by atoms with Gasteiger partial charge in [-0.1, -0.05) is 82.7 Å². The fourth-order valence-corrected chi connectivity index (χ4v) is 3.65. The highest BCUT2D eigenvalue weighted by Gasteiger charge is 2.28. The highest BCUT2D eigenvalue weighted by Crippen LogP contribution is 2.18. The van der Waals surface area contributed by atoms with E-state index in [-0.39, 0.29) is 25.1 Å². The zero-order valence-corrected chi connectivity index (χ0v) is 20.6. The fraction of sp³-hybridized carbons (Fsp3) is 0.192. The SMILES string of the molecule is CN(C(=O)[C@H](Cc1ccccc1)NC(=O)OCc1ccccc1)N(C#N)Cc1ccc(Br)cc1F. The fourth-order valence-electron chi connectivity index (χ4n) is 3.32. The Kier molecular flexibility index (Phi) is 9.21. The van der Waals surface area contributed by atoms with Crippen molar-refractivity contribution in [2.75, 3.05) is 7.05 Å². The van der Waals surface area contributed by atoms with Crippen molar-refractivity contribution in [3.8, 4) is 6.19 Å². The van der Waals surface area contributed by atoms with Crippen LogP contribution in [0.25, 0.3) is 0 Å². The number of hydrogen-bond donors (Lipinski definition) is 1. The first kappa shape index (κ1) is 25.7. The lowest BCUT2D eigenvalue weighted by molar-refractivity contribution is -0.144. The Balaban J connectivity index is 1.73. The third kappa shape index (κ3) is 7.55. The van der Waals surface area contributed by atoms with E-state index in [4.69, 9.17) is 4.74 Å². The van der Waals surface area contributed by atoms with Gasteiger partial charge in [-0.15, -0.1) is 0 Å². The summed E-state index contributed by atoms with van der Waals surface area (Å²) in [7, 11) is 1.40. The Hall–Kier alpha value is -3.90. The smallest absolute Gasteiger partial charge is 0.408 e. The van der Waals surface area contributed by atoms with Crippen molar-refractivity contribution in [1.82, 2.24) is 15.3 Å². The van der Waals surface area contributed by atoms with Crippen molar-refractivity contribution in [3.63, 3.8) is 0 Å². The summed E-state index contributed by atoms with van der Waals surface area (Å²) in [5.41, 5.74) is 1.85. The van der Waals surface area contributed by atoms with Crippen LogP contribution in [0.2, 0.25) is 0 Å². The molecule has 3 rings (SSSR count). The van der Waals surface area contributed by atoms with Crippen LogP contribution in [0.5, 0.6) is 0 Å². The van der Waals surface area contributed by atoms with Crippen LogP contribution in [0, 0.1) is 17.3 Å². The molecule has 35 heavy (non-hydrogen) atoms. The van der Waals surface area contributed by atoms with Crippen molar-refractivity contribution < 1.29 is 18.7 Å². The zero-order valence-electron chi connectivity index (χ0n) is 19.0. The largest absolute Gasteiger partial charge is 0.445 e. The molecule has 0 saturated heterocycles. The molecule has 0 fully saturated rings. The lowest BCUT2D eigenvalue weighted by Crippen LogP contribution is -2.52. The molecule has 0 unspecified atom stereocenters. The normalized spacial score (nSPS) is 11.1. The molecule has 0 aliphatic rings. The maximum atomic E-state index is 14.3. The molecule has 180 valence electrons. The molecule has 9 heteroatoms. The summed E-state index contributed by atoms with van der Waals surface area (Å²) in [6.07, 6.45) is 1.32. The molecular weight excluding hydrogens is 515 g/mol. The number of nitrogens with one attached hydrogen (secondary N) is 1. The van der Waals surface area contributed by atoms with Gasteiger partial charge in [-0.2, -0.15) is 5.26 Å². The molecule has 2 amide bonds. The van der Waals surface area contributed by atoms with E-state index < -0.39 is 23.9 Å². The number of nitriles is 1. The second-order valence-corrected chi connectivity index (χ2v) is 8.62. The Bertz CT molecular complexity index is 1190. The maximum Gasteiger partial charge on any atom is 0.408 e. The van der Waals surface area contributed by atoms with Crippen LogP contribution in [0.3, 0.4) is 0 Å². The maximum absolute atomic E-state index is 14.3. The number of alkyl carbamates (subject to hydrolysis) is 1. The van der Waals surface area contributed by atoms with Crippen molar-refractivity contribution >= 4 is 27.9 Å². The van der Waals surface area contributed by atoms with E-state index in [1.807, 2.05) is 66.9 Å². The number of likely N-dealkylation sites (N-methyl/N-ethyl adjacent to an activating group) is 1. The van der Waals surface area contributed by atoms with Gasteiger partial charge in [-0.25, -0.2) is 19.2 Å². The van der Waals surface area contributed by atoms with E-state index in [9.17, 15) is 19.2 Å². The Labute approximate surface area is 211 Å². The minimum absolute atomic E-state index is 0.0436. The standard InChI is InChI=1S/C26H24BrFN4O3/c1-31(32(18-29)16-21-12-13-22(27)15-23(21)28)25(33)24(14-19-8-4-2-5-9-19)30-26(34)35-17-20-10-6-3-7-11-20/h2-13,15,24H,14,16-17H2,1H3,(H,30,34)/t24-/m0/s1. The summed E-state index contributed by atoms with van der Waals surface area (Å²) < 4.78 is 20.2. The highest BCUT2D eigenvalue weighted by atomic mass is 79.9. The summed E-state index contributed by atoms with van der Waals surface area (Å²) >= 11 is 3.20. The van der Waals surface area contributed by atoms with Crippen LogP contribution in [-0.2, 0) is 29.1 Å². The molecule has 0 aromatic heterocycles. The van der Waals surface area contributed by atoms with Gasteiger partial charge < -0.3 is 10.1 Å². The van der Waals surface area contributed by atoms with Gasteiger partial charge in [0.15, 0.2) is 6.19 Å². The number of amides is 2. The van der Waals surface area contributed by atoms with E-state index in [1.165, 1.54) is 19.2 Å². The number of carbonyl (C=O) groups is 2. The Morgan fingerprint density at radius 2 is 1.69 bits per heavy atom. The molecule has 0 saturated carbocycles. The van der Waals surface area contributed by atoms with Gasteiger partial charge in [0.1, 0.15) is 18.5 Å². The molecule has 3 aromatic carbocycles. The lowest BCUT2D eigenvalue weighted by atomic mass is 10.1.